The lowest BCUT2D eigenvalue weighted by Gasteiger charge is -2.35. The van der Waals surface area contributed by atoms with E-state index in [0.717, 1.165) is 17.9 Å². The van der Waals surface area contributed by atoms with Gasteiger partial charge in [0.15, 0.2) is 0 Å². The number of anilines is 1. The molecule has 1 heterocycles. The molecule has 0 unspecified atom stereocenters. The van der Waals surface area contributed by atoms with Crippen LogP contribution in [0.3, 0.4) is 0 Å². The predicted octanol–water partition coefficient (Wildman–Crippen LogP) is 1.52. The molecule has 1 atom stereocenters. The van der Waals surface area contributed by atoms with Crippen molar-refractivity contribution in [2.75, 3.05) is 52.4 Å². The normalized spacial score (nSPS) is 15.8. The van der Waals surface area contributed by atoms with Gasteiger partial charge in [-0.25, -0.2) is 0 Å². The molecule has 144 valence electrons. The van der Waals surface area contributed by atoms with Gasteiger partial charge in [0, 0.05) is 46.5 Å². The van der Waals surface area contributed by atoms with Crippen molar-refractivity contribution in [2.24, 2.45) is 0 Å². The Hall–Kier alpha value is -2.28. The van der Waals surface area contributed by atoms with Gasteiger partial charge in [0.25, 0.3) is 5.91 Å². The summed E-state index contributed by atoms with van der Waals surface area (Å²) < 4.78 is 11.1. The van der Waals surface area contributed by atoms with E-state index in [4.69, 9.17) is 9.47 Å². The van der Waals surface area contributed by atoms with Gasteiger partial charge in [-0.1, -0.05) is 0 Å². The quantitative estimate of drug-likeness (QED) is 0.709. The first-order valence-electron chi connectivity index (χ1n) is 8.99. The summed E-state index contributed by atoms with van der Waals surface area (Å²) in [4.78, 5) is 27.9. The van der Waals surface area contributed by atoms with Gasteiger partial charge in [0.2, 0.25) is 5.91 Å². The Bertz CT molecular complexity index is 633. The van der Waals surface area contributed by atoms with Crippen molar-refractivity contribution in [3.63, 3.8) is 0 Å². The van der Waals surface area contributed by atoms with E-state index in [-0.39, 0.29) is 17.9 Å². The number of carbonyl (C=O) groups is 2. The molecular weight excluding hydrogens is 334 g/mol. The number of hydrogen-bond donors (Lipinski definition) is 1. The second-order valence-corrected chi connectivity index (χ2v) is 6.56. The Balaban J connectivity index is 1.95. The third kappa shape index (κ3) is 5.11. The van der Waals surface area contributed by atoms with Crippen molar-refractivity contribution in [3.05, 3.63) is 23.8 Å². The smallest absolute Gasteiger partial charge is 0.253 e. The van der Waals surface area contributed by atoms with Gasteiger partial charge in [-0.2, -0.15) is 0 Å². The Morgan fingerprint density at radius 1 is 1.38 bits per heavy atom. The Labute approximate surface area is 155 Å². The minimum absolute atomic E-state index is 0.00841. The summed E-state index contributed by atoms with van der Waals surface area (Å²) in [6, 6.07) is 5.33. The fraction of sp³-hybridized carbons (Fsp3) is 0.579. The highest BCUT2D eigenvalue weighted by Crippen LogP contribution is 2.34. The number of likely N-dealkylation sites (N-methyl/N-ethyl adjacent to an activating group) is 1. The number of nitrogens with zero attached hydrogens (tertiary/aromatic N) is 2. The molecule has 1 aliphatic heterocycles. The largest absolute Gasteiger partial charge is 0.489 e. The number of nitrogens with one attached hydrogen (secondary N) is 1. The molecule has 0 fully saturated rings. The fourth-order valence-electron chi connectivity index (χ4n) is 2.83. The van der Waals surface area contributed by atoms with Crippen molar-refractivity contribution in [2.45, 2.75) is 25.8 Å². The number of amides is 2. The summed E-state index contributed by atoms with van der Waals surface area (Å²) >= 11 is 0. The molecule has 1 N–H and O–H groups in total. The highest BCUT2D eigenvalue weighted by atomic mass is 16.5. The molecule has 2 amide bonds. The molecule has 0 radical (unpaired) electrons. The molecule has 0 spiro atoms. The lowest BCUT2D eigenvalue weighted by atomic mass is 10.1. The summed E-state index contributed by atoms with van der Waals surface area (Å²) in [6.45, 7) is 4.34. The molecule has 0 aromatic heterocycles. The number of ether oxygens (including phenoxy) is 2. The number of rotatable bonds is 8. The molecule has 7 heteroatoms. The van der Waals surface area contributed by atoms with Crippen molar-refractivity contribution in [1.29, 1.82) is 0 Å². The maximum atomic E-state index is 12.2. The van der Waals surface area contributed by atoms with Gasteiger partial charge in [-0.05, 0) is 31.5 Å². The second-order valence-electron chi connectivity index (χ2n) is 6.56. The Morgan fingerprint density at radius 2 is 2.15 bits per heavy atom. The second kappa shape index (κ2) is 9.43. The first-order valence-corrected chi connectivity index (χ1v) is 8.99. The highest BCUT2D eigenvalue weighted by molar-refractivity contribution is 5.95. The Kier molecular flexibility index (Phi) is 7.26. The van der Waals surface area contributed by atoms with E-state index < -0.39 is 0 Å². The molecule has 0 aliphatic carbocycles. The monoisotopic (exact) mass is 363 g/mol. The van der Waals surface area contributed by atoms with Crippen LogP contribution in [0, 0.1) is 0 Å². The van der Waals surface area contributed by atoms with Crippen LogP contribution in [0.4, 0.5) is 5.69 Å². The summed E-state index contributed by atoms with van der Waals surface area (Å²) in [7, 11) is 5.37. The molecule has 0 bridgehead atoms. The van der Waals surface area contributed by atoms with E-state index in [1.165, 1.54) is 0 Å². The van der Waals surface area contributed by atoms with Crippen LogP contribution >= 0.6 is 0 Å². The number of hydrogen-bond acceptors (Lipinski definition) is 5. The first kappa shape index (κ1) is 20.0. The van der Waals surface area contributed by atoms with Gasteiger partial charge >= 0.3 is 0 Å². The van der Waals surface area contributed by atoms with Gasteiger partial charge in [-0.15, -0.1) is 0 Å². The minimum Gasteiger partial charge on any atom is -0.489 e. The van der Waals surface area contributed by atoms with E-state index >= 15 is 0 Å². The maximum Gasteiger partial charge on any atom is 0.253 e. The van der Waals surface area contributed by atoms with E-state index in [0.29, 0.717) is 38.3 Å². The van der Waals surface area contributed by atoms with E-state index in [9.17, 15) is 9.59 Å². The lowest BCUT2D eigenvalue weighted by Crippen LogP contribution is -2.44. The van der Waals surface area contributed by atoms with Crippen LogP contribution in [0.15, 0.2) is 18.2 Å². The molecule has 2 rings (SSSR count). The topological polar surface area (TPSA) is 71.1 Å². The lowest BCUT2D eigenvalue weighted by molar-refractivity contribution is -0.121. The van der Waals surface area contributed by atoms with E-state index in [1.807, 2.05) is 31.0 Å². The highest BCUT2D eigenvalue weighted by Gasteiger charge is 2.27. The number of benzene rings is 1. The van der Waals surface area contributed by atoms with Crippen LogP contribution in [0.2, 0.25) is 0 Å². The minimum atomic E-state index is -0.0703. The first-order chi connectivity index (χ1) is 12.4. The van der Waals surface area contributed by atoms with Gasteiger partial charge in [0.05, 0.1) is 18.2 Å². The van der Waals surface area contributed by atoms with Gasteiger partial charge in [-0.3, -0.25) is 9.59 Å². The average molecular weight is 363 g/mol. The van der Waals surface area contributed by atoms with Crippen LogP contribution in [0.5, 0.6) is 5.75 Å². The summed E-state index contributed by atoms with van der Waals surface area (Å²) in [6.07, 6.45) is 1.14. The zero-order chi connectivity index (χ0) is 19.1. The molecule has 1 aromatic rings. The Morgan fingerprint density at radius 3 is 2.85 bits per heavy atom. The van der Waals surface area contributed by atoms with Gasteiger partial charge in [0.1, 0.15) is 12.4 Å². The number of fused-ring (bicyclic) bond motifs is 1. The molecule has 0 saturated carbocycles. The molecule has 7 nitrogen and oxygen atoms in total. The van der Waals surface area contributed by atoms with Crippen molar-refractivity contribution in [3.8, 4) is 5.75 Å². The molecular formula is C19H29N3O4. The van der Waals surface area contributed by atoms with Gasteiger partial charge < -0.3 is 24.6 Å². The van der Waals surface area contributed by atoms with E-state index in [1.54, 1.807) is 25.1 Å². The van der Waals surface area contributed by atoms with Crippen molar-refractivity contribution >= 4 is 17.5 Å². The number of carbonyl (C=O) groups excluding carboxylic acids is 2. The fourth-order valence-corrected chi connectivity index (χ4v) is 2.83. The summed E-state index contributed by atoms with van der Waals surface area (Å²) in [5.74, 6) is 0.664. The van der Waals surface area contributed by atoms with Crippen LogP contribution in [-0.2, 0) is 9.53 Å². The summed E-state index contributed by atoms with van der Waals surface area (Å²) in [5, 5.41) is 2.92. The van der Waals surface area contributed by atoms with Crippen LogP contribution in [0.1, 0.15) is 30.1 Å². The van der Waals surface area contributed by atoms with Crippen molar-refractivity contribution in [1.82, 2.24) is 10.2 Å². The standard InChI is InChI=1S/C19H29N3O4/c1-5-25-10-6-9-20-18(23)12-15-13-26-17-8-7-14(19(24)21(2)3)11-16(17)22(15)4/h7-8,11,15H,5-6,9-10,12-13H2,1-4H3,(H,20,23)/t15-/m0/s1. The third-order valence-corrected chi connectivity index (χ3v) is 4.38. The molecule has 26 heavy (non-hydrogen) atoms. The third-order valence-electron chi connectivity index (χ3n) is 4.38. The van der Waals surface area contributed by atoms with Crippen LogP contribution in [-0.4, -0.2) is 70.3 Å². The molecule has 1 aromatic carbocycles. The van der Waals surface area contributed by atoms with Crippen molar-refractivity contribution < 1.29 is 19.1 Å². The van der Waals surface area contributed by atoms with E-state index in [2.05, 4.69) is 5.32 Å². The molecule has 0 saturated heterocycles. The predicted molar refractivity (Wildman–Crippen MR) is 101 cm³/mol. The van der Waals surface area contributed by atoms with Crippen LogP contribution < -0.4 is 15.0 Å². The SMILES string of the molecule is CCOCCCNC(=O)C[C@H]1COc2ccc(C(=O)N(C)C)cc2N1C. The average Bonchev–Trinajstić information content (AvgIpc) is 2.63. The summed E-state index contributed by atoms with van der Waals surface area (Å²) in [5.41, 5.74) is 1.43. The van der Waals surface area contributed by atoms with Crippen LogP contribution in [0.25, 0.3) is 0 Å². The molecule has 1 aliphatic rings. The maximum absolute atomic E-state index is 12.2. The zero-order valence-corrected chi connectivity index (χ0v) is 16.1. The zero-order valence-electron chi connectivity index (χ0n) is 16.1.